The fourth-order valence-corrected chi connectivity index (χ4v) is 2.65. The molecule has 0 bridgehead atoms. The molecule has 0 saturated heterocycles. The van der Waals surface area contributed by atoms with Gasteiger partial charge in [0.2, 0.25) is 5.76 Å². The number of H-pyrrole nitrogens is 1. The fraction of sp³-hybridized carbons (Fsp3) is 0.263. The first-order valence-corrected chi connectivity index (χ1v) is 7.97. The number of fused-ring (bicyclic) bond motifs is 1. The topological polar surface area (TPSA) is 102 Å². The Labute approximate surface area is 149 Å². The van der Waals surface area contributed by atoms with Gasteiger partial charge in [-0.1, -0.05) is 18.2 Å². The minimum absolute atomic E-state index is 0.0806. The van der Waals surface area contributed by atoms with E-state index in [2.05, 4.69) is 9.72 Å². The van der Waals surface area contributed by atoms with Crippen molar-refractivity contribution in [1.29, 1.82) is 0 Å². The maximum atomic E-state index is 12.6. The third kappa shape index (κ3) is 3.03. The molecule has 3 rings (SSSR count). The summed E-state index contributed by atoms with van der Waals surface area (Å²) < 4.78 is 15.3. The first-order chi connectivity index (χ1) is 12.2. The number of carbonyl (C=O) groups excluding carboxylic acids is 2. The van der Waals surface area contributed by atoms with Crippen molar-refractivity contribution < 1.29 is 28.6 Å². The Morgan fingerprint density at radius 3 is 2.46 bits per heavy atom. The predicted octanol–water partition coefficient (Wildman–Crippen LogP) is 3.88. The van der Waals surface area contributed by atoms with Crippen LogP contribution in [0.25, 0.3) is 22.0 Å². The second kappa shape index (κ2) is 6.25. The van der Waals surface area contributed by atoms with Crippen LogP contribution in [0.3, 0.4) is 0 Å². The lowest BCUT2D eigenvalue weighted by Crippen LogP contribution is -2.23. The Balaban J connectivity index is 2.24. The maximum absolute atomic E-state index is 12.6. The van der Waals surface area contributed by atoms with E-state index in [9.17, 15) is 14.7 Å². The minimum Gasteiger partial charge on any atom is -0.504 e. The van der Waals surface area contributed by atoms with E-state index < -0.39 is 29.0 Å². The first kappa shape index (κ1) is 17.6. The molecule has 0 spiro atoms. The van der Waals surface area contributed by atoms with Gasteiger partial charge in [-0.05, 0) is 26.8 Å². The largest absolute Gasteiger partial charge is 0.504 e. The van der Waals surface area contributed by atoms with Crippen molar-refractivity contribution in [3.8, 4) is 16.9 Å². The van der Waals surface area contributed by atoms with Gasteiger partial charge in [-0.15, -0.1) is 0 Å². The summed E-state index contributed by atoms with van der Waals surface area (Å²) in [4.78, 5) is 27.6. The molecule has 0 aliphatic heterocycles. The summed E-state index contributed by atoms with van der Waals surface area (Å²) in [5.74, 6) is -2.86. The van der Waals surface area contributed by atoms with Gasteiger partial charge in [0, 0.05) is 22.7 Å². The van der Waals surface area contributed by atoms with Crippen LogP contribution in [-0.2, 0) is 9.47 Å². The van der Waals surface area contributed by atoms with Crippen LogP contribution in [0.1, 0.15) is 41.9 Å². The highest BCUT2D eigenvalue weighted by Gasteiger charge is 2.33. The number of furan rings is 1. The zero-order valence-electron chi connectivity index (χ0n) is 14.9. The summed E-state index contributed by atoms with van der Waals surface area (Å²) in [6.45, 7) is 5.13. The van der Waals surface area contributed by atoms with Gasteiger partial charge < -0.3 is 24.0 Å². The van der Waals surface area contributed by atoms with Crippen molar-refractivity contribution in [2.24, 2.45) is 0 Å². The zero-order valence-corrected chi connectivity index (χ0v) is 14.9. The molecule has 3 aromatic rings. The lowest BCUT2D eigenvalue weighted by atomic mass is 10.0. The molecule has 0 fully saturated rings. The number of benzene rings is 1. The third-order valence-electron chi connectivity index (χ3n) is 3.70. The summed E-state index contributed by atoms with van der Waals surface area (Å²) in [5, 5.41) is 11.3. The molecule has 2 aromatic heterocycles. The van der Waals surface area contributed by atoms with E-state index in [1.54, 1.807) is 27.0 Å². The van der Waals surface area contributed by atoms with Crippen LogP contribution in [0, 0.1) is 0 Å². The minimum atomic E-state index is -0.890. The lowest BCUT2D eigenvalue weighted by molar-refractivity contribution is 0.00354. The highest BCUT2D eigenvalue weighted by Crippen LogP contribution is 2.42. The molecule has 0 atom stereocenters. The Morgan fingerprint density at radius 2 is 1.81 bits per heavy atom. The molecule has 0 amide bonds. The number of esters is 2. The number of aromatic amines is 1. The number of hydrogen-bond donors (Lipinski definition) is 2. The third-order valence-corrected chi connectivity index (χ3v) is 3.70. The van der Waals surface area contributed by atoms with Gasteiger partial charge in [0.1, 0.15) is 5.60 Å². The van der Waals surface area contributed by atoms with Gasteiger partial charge in [0.05, 0.1) is 12.7 Å². The second-order valence-corrected chi connectivity index (χ2v) is 6.73. The highest BCUT2D eigenvalue weighted by atomic mass is 16.6. The van der Waals surface area contributed by atoms with Crippen LogP contribution in [0.4, 0.5) is 0 Å². The van der Waals surface area contributed by atoms with E-state index in [-0.39, 0.29) is 11.3 Å². The van der Waals surface area contributed by atoms with Crippen molar-refractivity contribution in [3.05, 3.63) is 42.0 Å². The van der Waals surface area contributed by atoms with E-state index in [0.717, 1.165) is 18.0 Å². The van der Waals surface area contributed by atoms with Gasteiger partial charge in [0.15, 0.2) is 5.75 Å². The molecule has 0 aliphatic carbocycles. The number of aromatic hydroxyl groups is 1. The Kier molecular flexibility index (Phi) is 4.23. The number of aromatic nitrogens is 1. The molecular weight excluding hydrogens is 338 g/mol. The average molecular weight is 357 g/mol. The van der Waals surface area contributed by atoms with Gasteiger partial charge in [0.25, 0.3) is 5.76 Å². The summed E-state index contributed by atoms with van der Waals surface area (Å²) in [5.41, 5.74) is 0.621. The van der Waals surface area contributed by atoms with Crippen LogP contribution in [-0.4, -0.2) is 34.7 Å². The van der Waals surface area contributed by atoms with Crippen LogP contribution in [0.2, 0.25) is 0 Å². The molecule has 0 radical (unpaired) electrons. The smallest absolute Gasteiger partial charge is 0.377 e. The van der Waals surface area contributed by atoms with Crippen LogP contribution < -0.4 is 0 Å². The summed E-state index contributed by atoms with van der Waals surface area (Å²) in [6, 6.07) is 7.35. The standard InChI is InChI=1S/C19H19NO6/c1-19(2,3)26-18(23)15-13(14(21)16(25-15)17(22)24-4)11-9-20-12-8-6-5-7-10(11)12/h5-9,20-21H,1-4H3. The zero-order chi connectivity index (χ0) is 19.1. The summed E-state index contributed by atoms with van der Waals surface area (Å²) in [7, 11) is 1.16. The lowest BCUT2D eigenvalue weighted by Gasteiger charge is -2.18. The average Bonchev–Trinajstić information content (AvgIpc) is 3.13. The molecule has 26 heavy (non-hydrogen) atoms. The second-order valence-electron chi connectivity index (χ2n) is 6.73. The fourth-order valence-electron chi connectivity index (χ4n) is 2.65. The van der Waals surface area contributed by atoms with Crippen molar-refractivity contribution in [2.75, 3.05) is 7.11 Å². The maximum Gasteiger partial charge on any atom is 0.377 e. The number of nitrogens with one attached hydrogen (secondary N) is 1. The van der Waals surface area contributed by atoms with Crippen molar-refractivity contribution in [2.45, 2.75) is 26.4 Å². The monoisotopic (exact) mass is 357 g/mol. The van der Waals surface area contributed by atoms with Crippen LogP contribution >= 0.6 is 0 Å². The number of hydrogen-bond acceptors (Lipinski definition) is 6. The molecule has 0 aliphatic rings. The van der Waals surface area contributed by atoms with Gasteiger partial charge in [-0.3, -0.25) is 0 Å². The molecule has 1 aromatic carbocycles. The van der Waals surface area contributed by atoms with E-state index in [0.29, 0.717) is 5.56 Å². The van der Waals surface area contributed by atoms with Gasteiger partial charge >= 0.3 is 11.9 Å². The number of ether oxygens (including phenoxy) is 2. The molecule has 2 N–H and O–H groups in total. The number of para-hydroxylation sites is 1. The summed E-state index contributed by atoms with van der Waals surface area (Å²) in [6.07, 6.45) is 1.63. The predicted molar refractivity (Wildman–Crippen MR) is 94.2 cm³/mol. The number of carbonyl (C=O) groups is 2. The Bertz CT molecular complexity index is 989. The van der Waals surface area contributed by atoms with E-state index in [1.807, 2.05) is 24.3 Å². The molecule has 0 saturated carbocycles. The number of methoxy groups -OCH3 is 1. The first-order valence-electron chi connectivity index (χ1n) is 7.97. The molecule has 7 nitrogen and oxygen atoms in total. The van der Waals surface area contributed by atoms with Crippen LogP contribution in [0.15, 0.2) is 34.9 Å². The molecule has 2 heterocycles. The summed E-state index contributed by atoms with van der Waals surface area (Å²) >= 11 is 0. The quantitative estimate of drug-likeness (QED) is 0.690. The Hall–Kier alpha value is -3.22. The van der Waals surface area contributed by atoms with Gasteiger partial charge in [-0.2, -0.15) is 0 Å². The molecule has 7 heteroatoms. The molecule has 0 unspecified atom stereocenters. The number of rotatable bonds is 3. The van der Waals surface area contributed by atoms with E-state index >= 15 is 0 Å². The highest BCUT2D eigenvalue weighted by molar-refractivity contribution is 6.07. The van der Waals surface area contributed by atoms with Crippen LogP contribution in [0.5, 0.6) is 5.75 Å². The van der Waals surface area contributed by atoms with E-state index in [1.165, 1.54) is 0 Å². The van der Waals surface area contributed by atoms with Gasteiger partial charge in [-0.25, -0.2) is 9.59 Å². The molecular formula is C19H19NO6. The van der Waals surface area contributed by atoms with Crippen molar-refractivity contribution >= 4 is 22.8 Å². The van der Waals surface area contributed by atoms with Crippen molar-refractivity contribution in [3.63, 3.8) is 0 Å². The Morgan fingerprint density at radius 1 is 1.12 bits per heavy atom. The van der Waals surface area contributed by atoms with E-state index in [4.69, 9.17) is 9.15 Å². The van der Waals surface area contributed by atoms with Crippen molar-refractivity contribution in [1.82, 2.24) is 4.98 Å². The SMILES string of the molecule is COC(=O)c1oc(C(=O)OC(C)(C)C)c(-c2c[nH]c3ccccc23)c1O. The normalized spacial score (nSPS) is 11.5. The molecule has 136 valence electrons.